The molecule has 0 atom stereocenters. The van der Waals surface area contributed by atoms with E-state index in [2.05, 4.69) is 19.2 Å². The minimum atomic E-state index is -0.122. The first kappa shape index (κ1) is 7.03. The highest BCUT2D eigenvalue weighted by atomic mass is 16.5. The molecule has 1 heterocycles. The second kappa shape index (κ2) is 1.70. The molecule has 1 N–H and O–H groups in total. The molecule has 0 spiro atoms. The summed E-state index contributed by atoms with van der Waals surface area (Å²) >= 11 is 0. The van der Waals surface area contributed by atoms with Gasteiger partial charge in [0.1, 0.15) is 5.72 Å². The van der Waals surface area contributed by atoms with Crippen LogP contribution in [0, 0.1) is 0 Å². The van der Waals surface area contributed by atoms with Crippen molar-refractivity contribution in [3.8, 4) is 0 Å². The van der Waals surface area contributed by atoms with Gasteiger partial charge in [-0.05, 0) is 27.7 Å². The lowest BCUT2D eigenvalue weighted by Crippen LogP contribution is -2.44. The fraction of sp³-hybridized carbons (Fsp3) is 1.00. The van der Waals surface area contributed by atoms with E-state index < -0.39 is 0 Å². The SMILES string of the molecule is CC1(C)COC(C)(C)N1. The van der Waals surface area contributed by atoms with E-state index in [1.165, 1.54) is 0 Å². The Morgan fingerprint density at radius 1 is 1.22 bits per heavy atom. The first-order chi connectivity index (χ1) is 3.91. The van der Waals surface area contributed by atoms with Gasteiger partial charge in [-0.25, -0.2) is 0 Å². The lowest BCUT2D eigenvalue weighted by molar-refractivity contribution is 0.0228. The summed E-state index contributed by atoms with van der Waals surface area (Å²) < 4.78 is 5.44. The highest BCUT2D eigenvalue weighted by Crippen LogP contribution is 2.21. The van der Waals surface area contributed by atoms with Crippen molar-refractivity contribution in [1.29, 1.82) is 0 Å². The molecule has 0 radical (unpaired) electrons. The summed E-state index contributed by atoms with van der Waals surface area (Å²) in [5.74, 6) is 0. The molecule has 0 saturated carbocycles. The van der Waals surface area contributed by atoms with Crippen LogP contribution in [0.1, 0.15) is 27.7 Å². The molecule has 2 nitrogen and oxygen atoms in total. The van der Waals surface area contributed by atoms with Crippen molar-refractivity contribution in [3.63, 3.8) is 0 Å². The molecule has 0 aromatic carbocycles. The second-order valence-electron chi connectivity index (χ2n) is 3.81. The fourth-order valence-electron chi connectivity index (χ4n) is 1.25. The van der Waals surface area contributed by atoms with Crippen LogP contribution < -0.4 is 5.32 Å². The van der Waals surface area contributed by atoms with Crippen molar-refractivity contribution in [1.82, 2.24) is 5.32 Å². The van der Waals surface area contributed by atoms with Gasteiger partial charge in [-0.15, -0.1) is 0 Å². The van der Waals surface area contributed by atoms with E-state index in [4.69, 9.17) is 4.74 Å². The molecule has 0 aliphatic carbocycles. The maximum Gasteiger partial charge on any atom is 0.114 e. The highest BCUT2D eigenvalue weighted by Gasteiger charge is 2.35. The molecule has 0 aromatic rings. The maximum absolute atomic E-state index is 5.44. The molecule has 0 amide bonds. The minimum absolute atomic E-state index is 0.122. The number of nitrogens with one attached hydrogen (secondary N) is 1. The van der Waals surface area contributed by atoms with Gasteiger partial charge >= 0.3 is 0 Å². The molecule has 0 bridgehead atoms. The number of hydrogen-bond acceptors (Lipinski definition) is 2. The number of rotatable bonds is 0. The van der Waals surface area contributed by atoms with Gasteiger partial charge in [-0.2, -0.15) is 0 Å². The lowest BCUT2D eigenvalue weighted by Gasteiger charge is -2.21. The summed E-state index contributed by atoms with van der Waals surface area (Å²) in [6.45, 7) is 9.17. The van der Waals surface area contributed by atoms with Gasteiger partial charge in [0.2, 0.25) is 0 Å². The van der Waals surface area contributed by atoms with Crippen LogP contribution in [0.2, 0.25) is 0 Å². The summed E-state index contributed by atoms with van der Waals surface area (Å²) in [5, 5.41) is 3.35. The minimum Gasteiger partial charge on any atom is -0.359 e. The number of hydrogen-bond donors (Lipinski definition) is 1. The zero-order valence-corrected chi connectivity index (χ0v) is 6.62. The number of ether oxygens (including phenoxy) is 1. The summed E-state index contributed by atoms with van der Waals surface area (Å²) in [6, 6.07) is 0. The zero-order chi connectivity index (χ0) is 7.12. The van der Waals surface area contributed by atoms with Crippen molar-refractivity contribution in [3.05, 3.63) is 0 Å². The molecular formula is C7H15NO. The Labute approximate surface area is 56.6 Å². The zero-order valence-electron chi connectivity index (χ0n) is 6.62. The average Bonchev–Trinajstić information content (AvgIpc) is 1.78. The van der Waals surface area contributed by atoms with E-state index in [1.807, 2.05) is 13.8 Å². The van der Waals surface area contributed by atoms with E-state index in [-0.39, 0.29) is 11.3 Å². The van der Waals surface area contributed by atoms with E-state index in [0.29, 0.717) is 0 Å². The topological polar surface area (TPSA) is 21.3 Å². The van der Waals surface area contributed by atoms with Crippen molar-refractivity contribution in [2.45, 2.75) is 39.0 Å². The summed E-state index contributed by atoms with van der Waals surface area (Å²) in [7, 11) is 0. The summed E-state index contributed by atoms with van der Waals surface area (Å²) in [5.41, 5.74) is 0.0347. The standard InChI is InChI=1S/C7H15NO/c1-6(2)5-9-7(3,4)8-6/h8H,5H2,1-4H3. The first-order valence-electron chi connectivity index (χ1n) is 3.35. The summed E-state index contributed by atoms with van der Waals surface area (Å²) in [4.78, 5) is 0. The largest absolute Gasteiger partial charge is 0.359 e. The van der Waals surface area contributed by atoms with E-state index in [9.17, 15) is 0 Å². The summed E-state index contributed by atoms with van der Waals surface area (Å²) in [6.07, 6.45) is 0. The quantitative estimate of drug-likeness (QED) is 0.529. The van der Waals surface area contributed by atoms with Crippen LogP contribution in [0.4, 0.5) is 0 Å². The molecule has 54 valence electrons. The fourth-order valence-corrected chi connectivity index (χ4v) is 1.25. The van der Waals surface area contributed by atoms with Gasteiger partial charge in [-0.1, -0.05) is 0 Å². The van der Waals surface area contributed by atoms with E-state index >= 15 is 0 Å². The van der Waals surface area contributed by atoms with Crippen LogP contribution >= 0.6 is 0 Å². The molecular weight excluding hydrogens is 114 g/mol. The Balaban J connectivity index is 2.58. The molecule has 1 aliphatic rings. The lowest BCUT2D eigenvalue weighted by atomic mass is 10.1. The smallest absolute Gasteiger partial charge is 0.114 e. The molecule has 1 aliphatic heterocycles. The predicted octanol–water partition coefficient (Wildman–Crippen LogP) is 1.12. The second-order valence-corrected chi connectivity index (χ2v) is 3.81. The van der Waals surface area contributed by atoms with Crippen LogP contribution in [-0.2, 0) is 4.74 Å². The first-order valence-corrected chi connectivity index (χ1v) is 3.35. The predicted molar refractivity (Wildman–Crippen MR) is 37.2 cm³/mol. The Kier molecular flexibility index (Phi) is 1.33. The Hall–Kier alpha value is -0.0800. The van der Waals surface area contributed by atoms with Crippen LogP contribution in [0.5, 0.6) is 0 Å². The van der Waals surface area contributed by atoms with Crippen LogP contribution in [0.3, 0.4) is 0 Å². The van der Waals surface area contributed by atoms with E-state index in [0.717, 1.165) is 6.61 Å². The molecule has 1 saturated heterocycles. The van der Waals surface area contributed by atoms with Gasteiger partial charge in [0.25, 0.3) is 0 Å². The van der Waals surface area contributed by atoms with Gasteiger partial charge < -0.3 is 4.74 Å². The van der Waals surface area contributed by atoms with Gasteiger partial charge in [0.05, 0.1) is 6.61 Å². The van der Waals surface area contributed by atoms with Crippen LogP contribution in [0.15, 0.2) is 0 Å². The Morgan fingerprint density at radius 3 is 1.89 bits per heavy atom. The molecule has 1 rings (SSSR count). The van der Waals surface area contributed by atoms with E-state index in [1.54, 1.807) is 0 Å². The third kappa shape index (κ3) is 1.66. The third-order valence-corrected chi connectivity index (χ3v) is 1.43. The van der Waals surface area contributed by atoms with Crippen LogP contribution in [-0.4, -0.2) is 17.9 Å². The molecule has 1 fully saturated rings. The average molecular weight is 129 g/mol. The Morgan fingerprint density at radius 2 is 1.78 bits per heavy atom. The molecule has 9 heavy (non-hydrogen) atoms. The normalized spacial score (nSPS) is 30.7. The van der Waals surface area contributed by atoms with Gasteiger partial charge in [0.15, 0.2) is 0 Å². The highest BCUT2D eigenvalue weighted by molar-refractivity contribution is 4.89. The van der Waals surface area contributed by atoms with Crippen LogP contribution in [0.25, 0.3) is 0 Å². The third-order valence-electron chi connectivity index (χ3n) is 1.43. The van der Waals surface area contributed by atoms with Crippen molar-refractivity contribution >= 4 is 0 Å². The Bertz CT molecular complexity index is 104. The van der Waals surface area contributed by atoms with Crippen molar-refractivity contribution < 1.29 is 4.74 Å². The maximum atomic E-state index is 5.44. The van der Waals surface area contributed by atoms with Crippen molar-refractivity contribution in [2.24, 2.45) is 0 Å². The molecule has 2 heteroatoms. The van der Waals surface area contributed by atoms with Crippen molar-refractivity contribution in [2.75, 3.05) is 6.61 Å². The molecule has 0 unspecified atom stereocenters. The monoisotopic (exact) mass is 129 g/mol. The van der Waals surface area contributed by atoms with Gasteiger partial charge in [0, 0.05) is 5.54 Å². The molecule has 0 aromatic heterocycles. The van der Waals surface area contributed by atoms with Gasteiger partial charge in [-0.3, -0.25) is 5.32 Å².